The summed E-state index contributed by atoms with van der Waals surface area (Å²) in [7, 11) is 1.14. The van der Waals surface area contributed by atoms with Gasteiger partial charge in [0.05, 0.1) is 19.4 Å². The molecule has 0 aromatic rings. The molecule has 5 nitrogen and oxygen atoms in total. The van der Waals surface area contributed by atoms with Crippen LogP contribution in [0.2, 0.25) is 0 Å². The van der Waals surface area contributed by atoms with Gasteiger partial charge in [0.15, 0.2) is 0 Å². The normalized spacial score (nSPS) is 21.9. The summed E-state index contributed by atoms with van der Waals surface area (Å²) in [5.74, 6) is -2.00. The summed E-state index contributed by atoms with van der Waals surface area (Å²) in [4.78, 5) is 23.7. The van der Waals surface area contributed by atoms with Crippen LogP contribution in [0.3, 0.4) is 0 Å². The van der Waals surface area contributed by atoms with E-state index in [0.29, 0.717) is 4.90 Å². The minimum absolute atomic E-state index is 0.277. The van der Waals surface area contributed by atoms with Gasteiger partial charge in [-0.25, -0.2) is 0 Å². The zero-order chi connectivity index (χ0) is 15.3. The minimum Gasteiger partial charge on any atom is -0.469 e. The first-order chi connectivity index (χ1) is 9.23. The Morgan fingerprint density at radius 2 is 2.05 bits per heavy atom. The van der Waals surface area contributed by atoms with Crippen molar-refractivity contribution in [2.45, 2.75) is 25.1 Å². The minimum atomic E-state index is -4.52. The maximum Gasteiger partial charge on any atom is 0.406 e. The topological polar surface area (TPSA) is 72.6 Å². The maximum atomic E-state index is 12.5. The Balaban J connectivity index is 2.68. The van der Waals surface area contributed by atoms with Crippen LogP contribution in [0.1, 0.15) is 12.8 Å². The van der Waals surface area contributed by atoms with Crippen molar-refractivity contribution < 1.29 is 27.5 Å². The number of carbonyl (C=O) groups excluding carboxylic acids is 2. The third-order valence-corrected chi connectivity index (χ3v) is 2.93. The number of rotatable bonds is 5. The van der Waals surface area contributed by atoms with Crippen molar-refractivity contribution in [3.05, 3.63) is 12.2 Å². The lowest BCUT2D eigenvalue weighted by Gasteiger charge is -2.26. The van der Waals surface area contributed by atoms with Crippen molar-refractivity contribution in [1.82, 2.24) is 4.90 Å². The molecule has 1 aliphatic rings. The Morgan fingerprint density at radius 1 is 1.40 bits per heavy atom. The van der Waals surface area contributed by atoms with E-state index >= 15 is 0 Å². The summed E-state index contributed by atoms with van der Waals surface area (Å²) in [5.41, 5.74) is 5.58. The van der Waals surface area contributed by atoms with E-state index in [1.807, 2.05) is 0 Å². The fourth-order valence-electron chi connectivity index (χ4n) is 1.96. The SMILES string of the molecule is COC(=O)CCN(CC(F)(F)F)C(=O)C1C=CC(N)C1. The van der Waals surface area contributed by atoms with Crippen LogP contribution in [0.5, 0.6) is 0 Å². The van der Waals surface area contributed by atoms with Crippen molar-refractivity contribution in [2.75, 3.05) is 20.2 Å². The predicted octanol–water partition coefficient (Wildman–Crippen LogP) is 0.844. The Hall–Kier alpha value is -1.57. The molecule has 0 aromatic carbocycles. The van der Waals surface area contributed by atoms with Crippen LogP contribution in [-0.4, -0.2) is 49.2 Å². The standard InChI is InChI=1S/C12H17F3N2O3/c1-20-10(18)4-5-17(7-12(13,14)15)11(19)8-2-3-9(16)6-8/h2-3,8-9H,4-7,16H2,1H3. The lowest BCUT2D eigenvalue weighted by molar-refractivity contribution is -0.164. The number of carbonyl (C=O) groups is 2. The number of methoxy groups -OCH3 is 1. The lowest BCUT2D eigenvalue weighted by Crippen LogP contribution is -2.43. The first-order valence-electron chi connectivity index (χ1n) is 6.09. The lowest BCUT2D eigenvalue weighted by atomic mass is 10.1. The van der Waals surface area contributed by atoms with E-state index in [-0.39, 0.29) is 25.4 Å². The molecule has 0 heterocycles. The number of hydrogen-bond acceptors (Lipinski definition) is 4. The van der Waals surface area contributed by atoms with Gasteiger partial charge >= 0.3 is 12.1 Å². The third kappa shape index (κ3) is 5.20. The third-order valence-electron chi connectivity index (χ3n) is 2.93. The summed E-state index contributed by atoms with van der Waals surface area (Å²) in [6.45, 7) is -1.72. The number of ether oxygens (including phenoxy) is 1. The molecule has 1 amide bonds. The molecule has 0 saturated carbocycles. The van der Waals surface area contributed by atoms with Gasteiger partial charge in [0.1, 0.15) is 6.54 Å². The quantitative estimate of drug-likeness (QED) is 0.602. The van der Waals surface area contributed by atoms with E-state index in [2.05, 4.69) is 4.74 Å². The highest BCUT2D eigenvalue weighted by Crippen LogP contribution is 2.23. The van der Waals surface area contributed by atoms with E-state index in [9.17, 15) is 22.8 Å². The van der Waals surface area contributed by atoms with Crippen molar-refractivity contribution in [1.29, 1.82) is 0 Å². The summed E-state index contributed by atoms with van der Waals surface area (Å²) in [5, 5.41) is 0. The molecule has 0 aliphatic heterocycles. The molecule has 2 atom stereocenters. The Bertz CT molecular complexity index is 396. The Kier molecular flexibility index (Phi) is 5.55. The molecular formula is C12H17F3N2O3. The van der Waals surface area contributed by atoms with Gasteiger partial charge in [-0.1, -0.05) is 12.2 Å². The van der Waals surface area contributed by atoms with Crippen LogP contribution in [0.15, 0.2) is 12.2 Å². The largest absolute Gasteiger partial charge is 0.469 e. The van der Waals surface area contributed by atoms with Crippen LogP contribution < -0.4 is 5.73 Å². The molecule has 0 radical (unpaired) electrons. The monoisotopic (exact) mass is 294 g/mol. The molecule has 0 spiro atoms. The first kappa shape index (κ1) is 16.5. The van der Waals surface area contributed by atoms with Gasteiger partial charge in [-0.3, -0.25) is 9.59 Å². The molecule has 1 rings (SSSR count). The summed E-state index contributed by atoms with van der Waals surface area (Å²) >= 11 is 0. The van der Waals surface area contributed by atoms with E-state index in [4.69, 9.17) is 5.73 Å². The van der Waals surface area contributed by atoms with Crippen molar-refractivity contribution in [3.8, 4) is 0 Å². The van der Waals surface area contributed by atoms with Gasteiger partial charge in [0.2, 0.25) is 5.91 Å². The number of amides is 1. The fraction of sp³-hybridized carbons (Fsp3) is 0.667. The molecule has 8 heteroatoms. The second-order valence-electron chi connectivity index (χ2n) is 4.59. The van der Waals surface area contributed by atoms with Gasteiger partial charge in [-0.05, 0) is 6.42 Å². The average molecular weight is 294 g/mol. The predicted molar refractivity (Wildman–Crippen MR) is 64.5 cm³/mol. The summed E-state index contributed by atoms with van der Waals surface area (Å²) in [6, 6.07) is -0.322. The van der Waals surface area contributed by atoms with Crippen molar-refractivity contribution in [3.63, 3.8) is 0 Å². The van der Waals surface area contributed by atoms with Crippen LogP contribution in [0.25, 0.3) is 0 Å². The van der Waals surface area contributed by atoms with Crippen molar-refractivity contribution in [2.24, 2.45) is 11.7 Å². The van der Waals surface area contributed by atoms with E-state index in [1.165, 1.54) is 6.08 Å². The fourth-order valence-corrected chi connectivity index (χ4v) is 1.96. The molecule has 2 N–H and O–H groups in total. The van der Waals surface area contributed by atoms with E-state index < -0.39 is 30.5 Å². The van der Waals surface area contributed by atoms with Crippen LogP contribution >= 0.6 is 0 Å². The molecular weight excluding hydrogens is 277 g/mol. The first-order valence-corrected chi connectivity index (χ1v) is 6.09. The molecule has 0 bridgehead atoms. The molecule has 0 fully saturated rings. The highest BCUT2D eigenvalue weighted by atomic mass is 19.4. The molecule has 0 saturated heterocycles. The Labute approximate surface area is 114 Å². The van der Waals surface area contributed by atoms with Gasteiger partial charge in [-0.15, -0.1) is 0 Å². The van der Waals surface area contributed by atoms with Gasteiger partial charge < -0.3 is 15.4 Å². The molecule has 0 aromatic heterocycles. The van der Waals surface area contributed by atoms with E-state index in [0.717, 1.165) is 7.11 Å². The zero-order valence-electron chi connectivity index (χ0n) is 11.0. The number of nitrogens with two attached hydrogens (primary N) is 1. The second-order valence-corrected chi connectivity index (χ2v) is 4.59. The number of halogens is 3. The van der Waals surface area contributed by atoms with Gasteiger partial charge in [0.25, 0.3) is 0 Å². The molecule has 1 aliphatic carbocycles. The molecule has 114 valence electrons. The maximum absolute atomic E-state index is 12.5. The average Bonchev–Trinajstić information content (AvgIpc) is 2.78. The Morgan fingerprint density at radius 3 is 2.50 bits per heavy atom. The number of alkyl halides is 3. The van der Waals surface area contributed by atoms with Gasteiger partial charge in [-0.2, -0.15) is 13.2 Å². The van der Waals surface area contributed by atoms with Crippen LogP contribution in [0.4, 0.5) is 13.2 Å². The smallest absolute Gasteiger partial charge is 0.406 e. The highest BCUT2D eigenvalue weighted by molar-refractivity contribution is 5.82. The highest BCUT2D eigenvalue weighted by Gasteiger charge is 2.36. The summed E-state index contributed by atoms with van der Waals surface area (Å²) in [6.07, 6.45) is -1.41. The summed E-state index contributed by atoms with van der Waals surface area (Å²) < 4.78 is 41.8. The number of nitrogens with zero attached hydrogens (tertiary/aromatic N) is 1. The van der Waals surface area contributed by atoms with Crippen LogP contribution in [-0.2, 0) is 14.3 Å². The molecule has 2 unspecified atom stereocenters. The van der Waals surface area contributed by atoms with Gasteiger partial charge in [0, 0.05) is 12.6 Å². The number of hydrogen-bond donors (Lipinski definition) is 1. The van der Waals surface area contributed by atoms with Crippen LogP contribution in [0, 0.1) is 5.92 Å². The zero-order valence-corrected chi connectivity index (χ0v) is 11.0. The second kappa shape index (κ2) is 6.74. The van der Waals surface area contributed by atoms with Crippen molar-refractivity contribution >= 4 is 11.9 Å². The number of esters is 1. The van der Waals surface area contributed by atoms with E-state index in [1.54, 1.807) is 6.08 Å². The molecule has 20 heavy (non-hydrogen) atoms.